The van der Waals surface area contributed by atoms with Gasteiger partial charge in [-0.25, -0.2) is 35.5 Å². The summed E-state index contributed by atoms with van der Waals surface area (Å²) < 4.78 is 88.7. The monoisotopic (exact) mass is 444 g/mol. The third-order valence-electron chi connectivity index (χ3n) is 2.95. The van der Waals surface area contributed by atoms with Crippen molar-refractivity contribution in [3.63, 3.8) is 0 Å². The fraction of sp³-hybridized carbons (Fsp3) is 0. The van der Waals surface area contributed by atoms with Crippen LogP contribution >= 0.6 is 15.9 Å². The number of nitrogens with one attached hydrogen (secondary N) is 1. The van der Waals surface area contributed by atoms with Gasteiger partial charge >= 0.3 is 0 Å². The number of amides is 1. The summed E-state index contributed by atoms with van der Waals surface area (Å²) in [6.45, 7) is 0. The number of sulfonamides is 1. The summed E-state index contributed by atoms with van der Waals surface area (Å²) in [5.74, 6) is -13.2. The van der Waals surface area contributed by atoms with Crippen molar-refractivity contribution in [1.29, 1.82) is 0 Å². The van der Waals surface area contributed by atoms with Gasteiger partial charge in [-0.1, -0.05) is 0 Å². The van der Waals surface area contributed by atoms with E-state index in [1.54, 1.807) is 0 Å². The zero-order chi connectivity index (χ0) is 19.1. The molecule has 0 aromatic heterocycles. The van der Waals surface area contributed by atoms with Crippen LogP contribution in [0, 0.1) is 29.1 Å². The number of rotatable bonds is 3. The number of halogens is 6. The molecule has 0 aliphatic carbocycles. The van der Waals surface area contributed by atoms with Crippen molar-refractivity contribution in [3.05, 3.63) is 57.3 Å². The Balaban J connectivity index is 2.45. The highest BCUT2D eigenvalue weighted by Crippen LogP contribution is 2.28. The molecule has 0 heterocycles. The van der Waals surface area contributed by atoms with E-state index in [1.165, 1.54) is 0 Å². The van der Waals surface area contributed by atoms with E-state index < -0.39 is 50.6 Å². The third kappa shape index (κ3) is 3.65. The molecule has 0 aliphatic rings. The van der Waals surface area contributed by atoms with Crippen LogP contribution < -0.4 is 10.5 Å². The first-order valence-corrected chi connectivity index (χ1v) is 8.44. The van der Waals surface area contributed by atoms with Crippen molar-refractivity contribution >= 4 is 37.5 Å². The van der Waals surface area contributed by atoms with E-state index in [0.29, 0.717) is 0 Å². The van der Waals surface area contributed by atoms with Crippen LogP contribution in [0.5, 0.6) is 0 Å². The zero-order valence-corrected chi connectivity index (χ0v) is 14.1. The Morgan fingerprint density at radius 3 is 1.88 bits per heavy atom. The smallest absolute Gasteiger partial charge is 0.261 e. The molecule has 0 aliphatic heterocycles. The molecule has 0 unspecified atom stereocenters. The number of hydrogen-bond acceptors (Lipinski definition) is 3. The molecule has 0 saturated carbocycles. The fourth-order valence-corrected chi connectivity index (χ4v) is 2.93. The summed E-state index contributed by atoms with van der Waals surface area (Å²) in [7, 11) is -4.06. The van der Waals surface area contributed by atoms with Crippen molar-refractivity contribution in [3.8, 4) is 0 Å². The quantitative estimate of drug-likeness (QED) is 0.433. The number of anilines is 1. The van der Waals surface area contributed by atoms with E-state index in [4.69, 9.17) is 5.14 Å². The highest BCUT2D eigenvalue weighted by atomic mass is 79.9. The van der Waals surface area contributed by atoms with Crippen molar-refractivity contribution in [2.45, 2.75) is 4.90 Å². The van der Waals surface area contributed by atoms with E-state index in [1.807, 2.05) is 5.32 Å². The van der Waals surface area contributed by atoms with E-state index in [0.717, 1.165) is 18.2 Å². The van der Waals surface area contributed by atoms with E-state index in [-0.39, 0.29) is 15.1 Å². The minimum absolute atomic E-state index is 0.0590. The predicted molar refractivity (Wildman–Crippen MR) is 79.7 cm³/mol. The summed E-state index contributed by atoms with van der Waals surface area (Å²) in [5, 5.41) is 6.80. The molecule has 0 radical (unpaired) electrons. The minimum Gasteiger partial charge on any atom is -0.321 e. The lowest BCUT2D eigenvalue weighted by Gasteiger charge is -2.11. The Morgan fingerprint density at radius 2 is 1.44 bits per heavy atom. The first-order valence-electron chi connectivity index (χ1n) is 6.10. The van der Waals surface area contributed by atoms with Crippen molar-refractivity contribution < 1.29 is 35.2 Å². The lowest BCUT2D eigenvalue weighted by atomic mass is 10.1. The van der Waals surface area contributed by atoms with Crippen molar-refractivity contribution in [1.82, 2.24) is 0 Å². The number of nitrogens with two attached hydrogens (primary N) is 1. The standard InChI is InChI=1S/C13H6BrF5N2O3S/c14-5-3-4(25(20,23)24)1-2-6(5)21-13(22)7-8(15)10(17)12(19)11(18)9(7)16/h1-3H,(H,21,22)(H2,20,23,24). The Kier molecular flexibility index (Phi) is 5.16. The summed E-state index contributed by atoms with van der Waals surface area (Å²) in [5.41, 5.74) is -1.87. The predicted octanol–water partition coefficient (Wildman–Crippen LogP) is 3.04. The summed E-state index contributed by atoms with van der Waals surface area (Å²) in [4.78, 5) is 11.6. The van der Waals surface area contributed by atoms with Gasteiger partial charge in [-0.3, -0.25) is 4.79 Å². The van der Waals surface area contributed by atoms with Gasteiger partial charge in [0.2, 0.25) is 15.8 Å². The SMILES string of the molecule is NS(=O)(=O)c1ccc(NC(=O)c2c(F)c(F)c(F)c(F)c2F)c(Br)c1. The summed E-state index contributed by atoms with van der Waals surface area (Å²) in [6.07, 6.45) is 0. The average Bonchev–Trinajstić information content (AvgIpc) is 2.52. The van der Waals surface area contributed by atoms with E-state index in [9.17, 15) is 35.2 Å². The molecule has 0 spiro atoms. The molecule has 2 aromatic carbocycles. The van der Waals surface area contributed by atoms with Crippen LogP contribution in [0.25, 0.3) is 0 Å². The Hall–Kier alpha value is -2.05. The zero-order valence-electron chi connectivity index (χ0n) is 11.7. The van der Waals surface area contributed by atoms with Gasteiger partial charge in [-0.05, 0) is 34.1 Å². The minimum atomic E-state index is -4.06. The molecule has 134 valence electrons. The van der Waals surface area contributed by atoms with Crippen LogP contribution in [0.1, 0.15) is 10.4 Å². The first-order chi connectivity index (χ1) is 11.4. The van der Waals surface area contributed by atoms with Gasteiger partial charge in [0, 0.05) is 4.47 Å². The fourth-order valence-electron chi connectivity index (χ4n) is 1.76. The van der Waals surface area contributed by atoms with Crippen LogP contribution in [0.2, 0.25) is 0 Å². The van der Waals surface area contributed by atoms with Crippen LogP contribution in [0.15, 0.2) is 27.6 Å². The summed E-state index contributed by atoms with van der Waals surface area (Å²) in [6, 6.07) is 2.95. The number of carbonyl (C=O) groups is 1. The van der Waals surface area contributed by atoms with Gasteiger partial charge in [0.25, 0.3) is 5.91 Å². The van der Waals surface area contributed by atoms with Gasteiger partial charge in [0.15, 0.2) is 23.3 Å². The molecule has 3 N–H and O–H groups in total. The molecule has 5 nitrogen and oxygen atoms in total. The largest absolute Gasteiger partial charge is 0.321 e. The van der Waals surface area contributed by atoms with Crippen molar-refractivity contribution in [2.24, 2.45) is 5.14 Å². The summed E-state index contributed by atoms with van der Waals surface area (Å²) >= 11 is 2.89. The van der Waals surface area contributed by atoms with Crippen LogP contribution in [-0.4, -0.2) is 14.3 Å². The Morgan fingerprint density at radius 1 is 0.960 bits per heavy atom. The Bertz CT molecular complexity index is 969. The number of carbonyl (C=O) groups excluding carboxylic acids is 1. The van der Waals surface area contributed by atoms with Gasteiger partial charge in [-0.15, -0.1) is 0 Å². The van der Waals surface area contributed by atoms with E-state index in [2.05, 4.69) is 15.9 Å². The maximum atomic E-state index is 13.6. The molecule has 0 fully saturated rings. The molecule has 1 amide bonds. The lowest BCUT2D eigenvalue weighted by molar-refractivity contribution is 0.101. The molecule has 0 atom stereocenters. The highest BCUT2D eigenvalue weighted by Gasteiger charge is 2.30. The average molecular weight is 445 g/mol. The topological polar surface area (TPSA) is 89.3 Å². The molecule has 0 bridgehead atoms. The molecular formula is C13H6BrF5N2O3S. The second-order valence-electron chi connectivity index (χ2n) is 4.59. The molecule has 2 rings (SSSR count). The van der Waals surface area contributed by atoms with E-state index >= 15 is 0 Å². The highest BCUT2D eigenvalue weighted by molar-refractivity contribution is 9.10. The number of primary sulfonamides is 1. The van der Waals surface area contributed by atoms with Crippen LogP contribution in [0.3, 0.4) is 0 Å². The van der Waals surface area contributed by atoms with Gasteiger partial charge in [0.05, 0.1) is 10.6 Å². The maximum Gasteiger partial charge on any atom is 0.261 e. The maximum absolute atomic E-state index is 13.6. The second kappa shape index (κ2) is 6.69. The second-order valence-corrected chi connectivity index (χ2v) is 7.00. The van der Waals surface area contributed by atoms with Gasteiger partial charge in [0.1, 0.15) is 5.56 Å². The van der Waals surface area contributed by atoms with Gasteiger partial charge in [-0.2, -0.15) is 0 Å². The molecule has 2 aromatic rings. The lowest BCUT2D eigenvalue weighted by Crippen LogP contribution is -2.19. The number of benzene rings is 2. The van der Waals surface area contributed by atoms with Crippen LogP contribution in [-0.2, 0) is 10.0 Å². The normalized spacial score (nSPS) is 11.5. The molecule has 12 heteroatoms. The third-order valence-corrected chi connectivity index (χ3v) is 4.52. The molecule has 0 saturated heterocycles. The molecular weight excluding hydrogens is 439 g/mol. The van der Waals surface area contributed by atoms with Crippen molar-refractivity contribution in [2.75, 3.05) is 5.32 Å². The molecule has 25 heavy (non-hydrogen) atoms. The first kappa shape index (κ1) is 19.3. The van der Waals surface area contributed by atoms with Crippen LogP contribution in [0.4, 0.5) is 27.6 Å². The Labute approximate surface area is 145 Å². The number of hydrogen-bond donors (Lipinski definition) is 2. The van der Waals surface area contributed by atoms with Gasteiger partial charge < -0.3 is 5.32 Å².